The maximum atomic E-state index is 12.0. The summed E-state index contributed by atoms with van der Waals surface area (Å²) in [7, 11) is 0. The Morgan fingerprint density at radius 1 is 1.10 bits per heavy atom. The molecule has 1 aliphatic heterocycles. The van der Waals surface area contributed by atoms with Crippen LogP contribution in [0.15, 0.2) is 47.4 Å². The van der Waals surface area contributed by atoms with Crippen molar-refractivity contribution in [2.45, 2.75) is 11.4 Å². The molecular weight excluding hydrogens is 447 g/mol. The lowest BCUT2D eigenvalue weighted by Crippen LogP contribution is -2.35. The molecule has 1 fully saturated rings. The standard InChI is InChI=1S/C21H22Cl2N2O4S/c22-16-3-6-18(23)19(11-16)30-14-21(27)29-13-20(26)24-17-4-1-15(2-5-17)12-25-7-9-28-10-8-25/h1-6,11H,7-10,12-14H2,(H,24,26). The SMILES string of the molecule is O=C(COC(=O)CSc1cc(Cl)ccc1Cl)Nc1ccc(CN2CCOCC2)cc1. The maximum absolute atomic E-state index is 12.0. The molecule has 1 heterocycles. The van der Waals surface area contributed by atoms with Gasteiger partial charge in [0.15, 0.2) is 6.61 Å². The van der Waals surface area contributed by atoms with Gasteiger partial charge in [-0.1, -0.05) is 35.3 Å². The number of carbonyl (C=O) groups excluding carboxylic acids is 2. The van der Waals surface area contributed by atoms with Crippen molar-refractivity contribution in [1.29, 1.82) is 0 Å². The fourth-order valence-corrected chi connectivity index (χ4v) is 4.11. The molecule has 1 saturated heterocycles. The molecule has 1 amide bonds. The van der Waals surface area contributed by atoms with Gasteiger partial charge in [0, 0.05) is 35.2 Å². The first kappa shape index (κ1) is 22.9. The van der Waals surface area contributed by atoms with E-state index in [1.165, 1.54) is 11.8 Å². The number of hydrogen-bond donors (Lipinski definition) is 1. The Bertz CT molecular complexity index is 874. The number of amides is 1. The van der Waals surface area contributed by atoms with Crippen LogP contribution in [-0.4, -0.2) is 55.4 Å². The molecule has 0 radical (unpaired) electrons. The van der Waals surface area contributed by atoms with E-state index in [-0.39, 0.29) is 12.4 Å². The number of thioether (sulfide) groups is 1. The second-order valence-corrected chi connectivity index (χ2v) is 8.52. The Labute approximate surface area is 189 Å². The predicted octanol–water partition coefficient (Wildman–Crippen LogP) is 4.10. The monoisotopic (exact) mass is 468 g/mol. The van der Waals surface area contributed by atoms with E-state index in [9.17, 15) is 9.59 Å². The highest BCUT2D eigenvalue weighted by Crippen LogP contribution is 2.29. The van der Waals surface area contributed by atoms with Crippen LogP contribution in [0.2, 0.25) is 10.0 Å². The largest absolute Gasteiger partial charge is 0.455 e. The zero-order chi connectivity index (χ0) is 21.3. The average molecular weight is 469 g/mol. The summed E-state index contributed by atoms with van der Waals surface area (Å²) in [6.45, 7) is 3.87. The molecule has 160 valence electrons. The highest BCUT2D eigenvalue weighted by atomic mass is 35.5. The maximum Gasteiger partial charge on any atom is 0.316 e. The summed E-state index contributed by atoms with van der Waals surface area (Å²) in [5.41, 5.74) is 1.82. The van der Waals surface area contributed by atoms with Gasteiger partial charge < -0.3 is 14.8 Å². The molecule has 0 bridgehead atoms. The fourth-order valence-electron chi connectivity index (χ4n) is 2.82. The summed E-state index contributed by atoms with van der Waals surface area (Å²) in [5, 5.41) is 3.76. The van der Waals surface area contributed by atoms with E-state index in [0.717, 1.165) is 38.4 Å². The van der Waals surface area contributed by atoms with Gasteiger partial charge in [-0.05, 0) is 35.9 Å². The highest BCUT2D eigenvalue weighted by molar-refractivity contribution is 8.00. The molecular formula is C21H22Cl2N2O4S. The third-order valence-electron chi connectivity index (χ3n) is 4.35. The Kier molecular flexibility index (Phi) is 8.84. The van der Waals surface area contributed by atoms with Crippen LogP contribution in [0.25, 0.3) is 0 Å². The van der Waals surface area contributed by atoms with E-state index in [2.05, 4.69) is 10.2 Å². The van der Waals surface area contributed by atoms with Crippen molar-refractivity contribution < 1.29 is 19.1 Å². The minimum Gasteiger partial charge on any atom is -0.455 e. The average Bonchev–Trinajstić information content (AvgIpc) is 2.75. The Morgan fingerprint density at radius 3 is 2.57 bits per heavy atom. The second-order valence-electron chi connectivity index (χ2n) is 6.66. The number of anilines is 1. The van der Waals surface area contributed by atoms with Crippen LogP contribution in [0.1, 0.15) is 5.56 Å². The fraction of sp³-hybridized carbons (Fsp3) is 0.333. The summed E-state index contributed by atoms with van der Waals surface area (Å²) < 4.78 is 10.4. The zero-order valence-electron chi connectivity index (χ0n) is 16.2. The van der Waals surface area contributed by atoms with Crippen LogP contribution in [-0.2, 0) is 25.6 Å². The van der Waals surface area contributed by atoms with Gasteiger partial charge in [0.05, 0.1) is 24.0 Å². The minimum atomic E-state index is -0.507. The number of rotatable bonds is 8. The lowest BCUT2D eigenvalue weighted by atomic mass is 10.2. The van der Waals surface area contributed by atoms with Crippen molar-refractivity contribution in [2.75, 3.05) is 44.0 Å². The summed E-state index contributed by atoms with van der Waals surface area (Å²) >= 11 is 13.2. The molecule has 2 aromatic carbocycles. The van der Waals surface area contributed by atoms with Crippen molar-refractivity contribution in [2.24, 2.45) is 0 Å². The van der Waals surface area contributed by atoms with E-state index in [1.54, 1.807) is 18.2 Å². The third kappa shape index (κ3) is 7.49. The number of benzene rings is 2. The number of hydrogen-bond acceptors (Lipinski definition) is 6. The summed E-state index contributed by atoms with van der Waals surface area (Å²) in [6, 6.07) is 12.6. The van der Waals surface area contributed by atoms with Gasteiger partial charge >= 0.3 is 5.97 Å². The molecule has 0 saturated carbocycles. The number of nitrogens with zero attached hydrogens (tertiary/aromatic N) is 1. The number of esters is 1. The van der Waals surface area contributed by atoms with Crippen LogP contribution >= 0.6 is 35.0 Å². The first-order valence-corrected chi connectivity index (χ1v) is 11.2. The molecule has 0 aromatic heterocycles. The Hall–Kier alpha value is -1.77. The lowest BCUT2D eigenvalue weighted by molar-refractivity contribution is -0.144. The Balaban J connectivity index is 1.38. The lowest BCUT2D eigenvalue weighted by Gasteiger charge is -2.26. The van der Waals surface area contributed by atoms with Crippen LogP contribution in [0, 0.1) is 0 Å². The number of halogens is 2. The highest BCUT2D eigenvalue weighted by Gasteiger charge is 2.12. The van der Waals surface area contributed by atoms with Gasteiger partial charge in [-0.2, -0.15) is 0 Å². The summed E-state index contributed by atoms with van der Waals surface area (Å²) in [4.78, 5) is 26.9. The van der Waals surface area contributed by atoms with E-state index in [4.69, 9.17) is 32.7 Å². The molecule has 1 N–H and O–H groups in total. The summed E-state index contributed by atoms with van der Waals surface area (Å²) in [6.07, 6.45) is 0. The predicted molar refractivity (Wildman–Crippen MR) is 119 cm³/mol. The van der Waals surface area contributed by atoms with E-state index < -0.39 is 11.9 Å². The van der Waals surface area contributed by atoms with Crippen molar-refractivity contribution >= 4 is 52.5 Å². The van der Waals surface area contributed by atoms with Crippen LogP contribution in [0.4, 0.5) is 5.69 Å². The molecule has 0 spiro atoms. The van der Waals surface area contributed by atoms with Gasteiger partial charge in [0.2, 0.25) is 0 Å². The van der Waals surface area contributed by atoms with Gasteiger partial charge in [0.25, 0.3) is 5.91 Å². The van der Waals surface area contributed by atoms with Gasteiger partial charge in [-0.25, -0.2) is 0 Å². The van der Waals surface area contributed by atoms with E-state index in [0.29, 0.717) is 20.6 Å². The van der Waals surface area contributed by atoms with E-state index >= 15 is 0 Å². The first-order chi connectivity index (χ1) is 14.5. The normalized spacial score (nSPS) is 14.3. The Morgan fingerprint density at radius 2 is 1.83 bits per heavy atom. The quantitative estimate of drug-likeness (QED) is 0.464. The third-order valence-corrected chi connectivity index (χ3v) is 6.06. The van der Waals surface area contributed by atoms with Gasteiger partial charge in [-0.3, -0.25) is 14.5 Å². The summed E-state index contributed by atoms with van der Waals surface area (Å²) in [5.74, 6) is -0.869. The number of carbonyl (C=O) groups is 2. The molecule has 30 heavy (non-hydrogen) atoms. The van der Waals surface area contributed by atoms with Crippen molar-refractivity contribution in [3.63, 3.8) is 0 Å². The van der Waals surface area contributed by atoms with Gasteiger partial charge in [-0.15, -0.1) is 11.8 Å². The molecule has 0 aliphatic carbocycles. The molecule has 9 heteroatoms. The number of ether oxygens (including phenoxy) is 2. The number of morpholine rings is 1. The molecule has 2 aromatic rings. The first-order valence-electron chi connectivity index (χ1n) is 9.42. The zero-order valence-corrected chi connectivity index (χ0v) is 18.6. The second kappa shape index (κ2) is 11.6. The van der Waals surface area contributed by atoms with Crippen LogP contribution in [0.5, 0.6) is 0 Å². The molecule has 6 nitrogen and oxygen atoms in total. The minimum absolute atomic E-state index is 0.0313. The molecule has 0 atom stereocenters. The molecule has 1 aliphatic rings. The van der Waals surface area contributed by atoms with Crippen LogP contribution < -0.4 is 5.32 Å². The van der Waals surface area contributed by atoms with E-state index in [1.807, 2.05) is 24.3 Å². The van der Waals surface area contributed by atoms with Crippen LogP contribution in [0.3, 0.4) is 0 Å². The van der Waals surface area contributed by atoms with Crippen molar-refractivity contribution in [1.82, 2.24) is 4.90 Å². The van der Waals surface area contributed by atoms with Gasteiger partial charge in [0.1, 0.15) is 0 Å². The molecule has 3 rings (SSSR count). The van der Waals surface area contributed by atoms with Crippen molar-refractivity contribution in [3.05, 3.63) is 58.1 Å². The molecule has 0 unspecified atom stereocenters. The topological polar surface area (TPSA) is 67.9 Å². The number of nitrogens with one attached hydrogen (secondary N) is 1. The smallest absolute Gasteiger partial charge is 0.316 e. The van der Waals surface area contributed by atoms with Crippen molar-refractivity contribution in [3.8, 4) is 0 Å².